The summed E-state index contributed by atoms with van der Waals surface area (Å²) >= 11 is 1.89. The summed E-state index contributed by atoms with van der Waals surface area (Å²) in [6.45, 7) is 7.42. The van der Waals surface area contributed by atoms with Crippen molar-refractivity contribution in [1.29, 1.82) is 0 Å². The van der Waals surface area contributed by atoms with E-state index < -0.39 is 0 Å². The van der Waals surface area contributed by atoms with E-state index in [2.05, 4.69) is 66.3 Å². The lowest BCUT2D eigenvalue weighted by molar-refractivity contribution is 0.363. The highest BCUT2D eigenvalue weighted by Crippen LogP contribution is 2.13. The zero-order valence-corrected chi connectivity index (χ0v) is 13.6. The second-order valence-corrected chi connectivity index (χ2v) is 6.17. The molecule has 0 aliphatic heterocycles. The van der Waals surface area contributed by atoms with Crippen molar-refractivity contribution in [3.63, 3.8) is 0 Å². The number of hydrogen-bond donors (Lipinski definition) is 0. The first kappa shape index (κ1) is 16.2. The van der Waals surface area contributed by atoms with Gasteiger partial charge in [0.25, 0.3) is 0 Å². The van der Waals surface area contributed by atoms with Crippen molar-refractivity contribution in [1.82, 2.24) is 15.1 Å². The molecule has 5 heteroatoms. The van der Waals surface area contributed by atoms with Crippen LogP contribution in [0.25, 0.3) is 0 Å². The smallest absolute Gasteiger partial charge is 0.151 e. The van der Waals surface area contributed by atoms with Crippen molar-refractivity contribution in [3.8, 4) is 0 Å². The molecule has 0 atom stereocenters. The third-order valence-electron chi connectivity index (χ3n) is 3.15. The van der Waals surface area contributed by atoms with Gasteiger partial charge in [0.2, 0.25) is 0 Å². The Hall–Kier alpha value is -0.810. The Morgan fingerprint density at radius 2 is 1.84 bits per heavy atom. The number of thioether (sulfide) groups is 1. The van der Waals surface area contributed by atoms with Crippen LogP contribution in [0, 0.1) is 0 Å². The molecule has 1 rings (SSSR count). The molecule has 19 heavy (non-hydrogen) atoms. The lowest BCUT2D eigenvalue weighted by Gasteiger charge is -2.22. The van der Waals surface area contributed by atoms with Crippen LogP contribution in [0.15, 0.2) is 12.1 Å². The first-order chi connectivity index (χ1) is 9.04. The molecule has 0 aliphatic carbocycles. The van der Waals surface area contributed by atoms with Crippen LogP contribution in [0.5, 0.6) is 0 Å². The number of hydrogen-bond acceptors (Lipinski definition) is 5. The Morgan fingerprint density at radius 3 is 2.37 bits per heavy atom. The number of aromatic nitrogens is 2. The molecule has 0 amide bonds. The SMILES string of the molecule is CSCCN(C)CCN(C)c1ccc(C(C)C)nn1. The van der Waals surface area contributed by atoms with Crippen LogP contribution in [-0.2, 0) is 0 Å². The minimum Gasteiger partial charge on any atom is -0.357 e. The summed E-state index contributed by atoms with van der Waals surface area (Å²) in [5.74, 6) is 2.57. The fourth-order valence-corrected chi connectivity index (χ4v) is 2.14. The minimum atomic E-state index is 0.435. The molecule has 108 valence electrons. The van der Waals surface area contributed by atoms with Crippen LogP contribution >= 0.6 is 11.8 Å². The maximum Gasteiger partial charge on any atom is 0.151 e. The number of nitrogens with zero attached hydrogens (tertiary/aromatic N) is 4. The van der Waals surface area contributed by atoms with Gasteiger partial charge in [-0.15, -0.1) is 5.10 Å². The van der Waals surface area contributed by atoms with Gasteiger partial charge in [-0.2, -0.15) is 16.9 Å². The minimum absolute atomic E-state index is 0.435. The Morgan fingerprint density at radius 1 is 1.11 bits per heavy atom. The van der Waals surface area contributed by atoms with Gasteiger partial charge in [-0.3, -0.25) is 0 Å². The van der Waals surface area contributed by atoms with Gasteiger partial charge in [-0.25, -0.2) is 0 Å². The van der Waals surface area contributed by atoms with Gasteiger partial charge >= 0.3 is 0 Å². The van der Waals surface area contributed by atoms with Crippen molar-refractivity contribution < 1.29 is 0 Å². The molecule has 0 saturated heterocycles. The van der Waals surface area contributed by atoms with Gasteiger partial charge in [0.15, 0.2) is 5.82 Å². The zero-order valence-electron chi connectivity index (χ0n) is 12.8. The summed E-state index contributed by atoms with van der Waals surface area (Å²) < 4.78 is 0. The van der Waals surface area contributed by atoms with Gasteiger partial charge in [0.05, 0.1) is 5.69 Å². The highest BCUT2D eigenvalue weighted by atomic mass is 32.2. The summed E-state index contributed by atoms with van der Waals surface area (Å²) in [7, 11) is 4.24. The normalized spacial score (nSPS) is 11.3. The van der Waals surface area contributed by atoms with E-state index in [4.69, 9.17) is 0 Å². The second kappa shape index (κ2) is 8.38. The highest BCUT2D eigenvalue weighted by Gasteiger charge is 2.07. The average molecular weight is 282 g/mol. The van der Waals surface area contributed by atoms with Gasteiger partial charge in [-0.05, 0) is 31.4 Å². The highest BCUT2D eigenvalue weighted by molar-refractivity contribution is 7.98. The first-order valence-corrected chi connectivity index (χ1v) is 8.16. The molecule has 0 aliphatic rings. The molecular weight excluding hydrogens is 256 g/mol. The maximum atomic E-state index is 4.29. The molecule has 0 aromatic carbocycles. The van der Waals surface area contributed by atoms with Crippen molar-refractivity contribution in [2.45, 2.75) is 19.8 Å². The van der Waals surface area contributed by atoms with Gasteiger partial charge in [0, 0.05) is 32.4 Å². The quantitative estimate of drug-likeness (QED) is 0.731. The average Bonchev–Trinajstić information content (AvgIpc) is 2.42. The van der Waals surface area contributed by atoms with Crippen LogP contribution in [0.1, 0.15) is 25.5 Å². The molecule has 1 aromatic heterocycles. The van der Waals surface area contributed by atoms with Crippen molar-refractivity contribution in [3.05, 3.63) is 17.8 Å². The Bertz CT molecular complexity index is 353. The number of rotatable bonds is 8. The molecule has 0 saturated carbocycles. The van der Waals surface area contributed by atoms with E-state index in [1.54, 1.807) is 0 Å². The summed E-state index contributed by atoms with van der Waals surface area (Å²) in [6, 6.07) is 4.13. The predicted molar refractivity (Wildman–Crippen MR) is 85.3 cm³/mol. The molecule has 0 bridgehead atoms. The molecule has 0 N–H and O–H groups in total. The summed E-state index contributed by atoms with van der Waals surface area (Å²) in [4.78, 5) is 4.51. The van der Waals surface area contributed by atoms with Crippen molar-refractivity contribution >= 4 is 17.6 Å². The molecule has 0 unspecified atom stereocenters. The second-order valence-electron chi connectivity index (χ2n) is 5.19. The summed E-state index contributed by atoms with van der Waals surface area (Å²) in [5, 5.41) is 8.56. The molecule has 1 heterocycles. The van der Waals surface area contributed by atoms with Crippen LogP contribution in [0.2, 0.25) is 0 Å². The van der Waals surface area contributed by atoms with E-state index in [-0.39, 0.29) is 0 Å². The third-order valence-corrected chi connectivity index (χ3v) is 3.74. The number of likely N-dealkylation sites (N-methyl/N-ethyl adjacent to an activating group) is 2. The first-order valence-electron chi connectivity index (χ1n) is 6.76. The topological polar surface area (TPSA) is 32.3 Å². The third kappa shape index (κ3) is 5.78. The lowest BCUT2D eigenvalue weighted by Crippen LogP contribution is -2.32. The molecular formula is C14H26N4S. The van der Waals surface area contributed by atoms with Crippen LogP contribution < -0.4 is 4.90 Å². The van der Waals surface area contributed by atoms with Gasteiger partial charge in [0.1, 0.15) is 0 Å². The van der Waals surface area contributed by atoms with Crippen LogP contribution in [0.4, 0.5) is 5.82 Å². The van der Waals surface area contributed by atoms with E-state index in [9.17, 15) is 0 Å². The van der Waals surface area contributed by atoms with Gasteiger partial charge < -0.3 is 9.80 Å². The van der Waals surface area contributed by atoms with E-state index in [1.165, 1.54) is 5.75 Å². The van der Waals surface area contributed by atoms with Crippen molar-refractivity contribution in [2.75, 3.05) is 50.6 Å². The fraction of sp³-hybridized carbons (Fsp3) is 0.714. The van der Waals surface area contributed by atoms with E-state index in [0.29, 0.717) is 5.92 Å². The Labute approximate surface area is 121 Å². The standard InChI is InChI=1S/C14H26N4S/c1-12(2)13-6-7-14(16-15-13)18(4)9-8-17(3)10-11-19-5/h6-7,12H,8-11H2,1-5H3. The molecule has 0 radical (unpaired) electrons. The van der Waals surface area contributed by atoms with E-state index in [0.717, 1.165) is 31.1 Å². The van der Waals surface area contributed by atoms with Crippen molar-refractivity contribution in [2.24, 2.45) is 0 Å². The fourth-order valence-electron chi connectivity index (χ4n) is 1.64. The van der Waals surface area contributed by atoms with Crippen LogP contribution in [-0.4, -0.2) is 60.8 Å². The molecule has 4 nitrogen and oxygen atoms in total. The van der Waals surface area contributed by atoms with Crippen LogP contribution in [0.3, 0.4) is 0 Å². The summed E-state index contributed by atoms with van der Waals surface area (Å²) in [5.41, 5.74) is 1.05. The monoisotopic (exact) mass is 282 g/mol. The predicted octanol–water partition coefficient (Wildman–Crippen LogP) is 2.33. The van der Waals surface area contributed by atoms with E-state index in [1.807, 2.05) is 11.8 Å². The molecule has 0 spiro atoms. The summed E-state index contributed by atoms with van der Waals surface area (Å²) in [6.07, 6.45) is 2.14. The zero-order chi connectivity index (χ0) is 14.3. The largest absolute Gasteiger partial charge is 0.357 e. The molecule has 0 fully saturated rings. The maximum absolute atomic E-state index is 4.29. The van der Waals surface area contributed by atoms with E-state index >= 15 is 0 Å². The number of anilines is 1. The lowest BCUT2D eigenvalue weighted by atomic mass is 10.1. The molecule has 1 aromatic rings. The van der Waals surface area contributed by atoms with Gasteiger partial charge in [-0.1, -0.05) is 13.8 Å². The Kier molecular flexibility index (Phi) is 7.16. The Balaban J connectivity index is 2.42.